The molecule has 4 nitrogen and oxygen atoms in total. The predicted molar refractivity (Wildman–Crippen MR) is 82.5 cm³/mol. The van der Waals surface area contributed by atoms with Gasteiger partial charge in [-0.15, -0.1) is 11.3 Å². The van der Waals surface area contributed by atoms with Gasteiger partial charge >= 0.3 is 0 Å². The molecule has 3 N–H and O–H groups in total. The summed E-state index contributed by atoms with van der Waals surface area (Å²) in [5.74, 6) is -0.171. The minimum Gasteiger partial charge on any atom is -0.386 e. The summed E-state index contributed by atoms with van der Waals surface area (Å²) in [6.45, 7) is 0. The maximum absolute atomic E-state index is 12.3. The highest BCUT2D eigenvalue weighted by atomic mass is 32.1. The number of benzene rings is 1. The van der Waals surface area contributed by atoms with Gasteiger partial charge in [-0.05, 0) is 35.1 Å². The maximum atomic E-state index is 12.3. The van der Waals surface area contributed by atoms with Crippen LogP contribution in [-0.2, 0) is 6.42 Å². The second-order valence-electron chi connectivity index (χ2n) is 5.31. The van der Waals surface area contributed by atoms with Crippen LogP contribution >= 0.6 is 11.3 Å². The average molecular weight is 298 g/mol. The van der Waals surface area contributed by atoms with Crippen molar-refractivity contribution in [2.24, 2.45) is 0 Å². The monoisotopic (exact) mass is 298 g/mol. The first kappa shape index (κ1) is 12.6. The molecule has 0 saturated carbocycles. The van der Waals surface area contributed by atoms with Crippen molar-refractivity contribution in [3.63, 3.8) is 0 Å². The van der Waals surface area contributed by atoms with Crippen molar-refractivity contribution in [1.82, 2.24) is 10.3 Å². The summed E-state index contributed by atoms with van der Waals surface area (Å²) in [5.41, 5.74) is 3.53. The fraction of sp³-hybridized carbons (Fsp3) is 0.188. The summed E-state index contributed by atoms with van der Waals surface area (Å²) in [6, 6.07) is 11.3. The third kappa shape index (κ3) is 2.05. The highest BCUT2D eigenvalue weighted by Crippen LogP contribution is 2.31. The molecule has 1 aliphatic rings. The molecule has 21 heavy (non-hydrogen) atoms. The third-order valence-electron chi connectivity index (χ3n) is 4.00. The number of aromatic nitrogens is 1. The number of thiophene rings is 1. The van der Waals surface area contributed by atoms with E-state index >= 15 is 0 Å². The fourth-order valence-corrected chi connectivity index (χ4v) is 3.70. The number of fused-ring (bicyclic) bond motifs is 2. The van der Waals surface area contributed by atoms with Crippen LogP contribution in [0, 0.1) is 0 Å². The van der Waals surface area contributed by atoms with Gasteiger partial charge in [-0.25, -0.2) is 0 Å². The molecule has 0 saturated heterocycles. The zero-order valence-electron chi connectivity index (χ0n) is 11.2. The number of amides is 1. The van der Waals surface area contributed by atoms with E-state index in [1.807, 2.05) is 41.8 Å². The number of hydrogen-bond donors (Lipinski definition) is 3. The normalized spacial score (nSPS) is 20.6. The molecule has 1 aliphatic carbocycles. The van der Waals surface area contributed by atoms with E-state index < -0.39 is 6.10 Å². The maximum Gasteiger partial charge on any atom is 0.268 e. The van der Waals surface area contributed by atoms with Crippen LogP contribution in [0.4, 0.5) is 0 Å². The molecule has 5 heteroatoms. The highest BCUT2D eigenvalue weighted by molar-refractivity contribution is 7.17. The zero-order valence-corrected chi connectivity index (χ0v) is 12.0. The summed E-state index contributed by atoms with van der Waals surface area (Å²) in [5, 5.41) is 15.2. The molecule has 2 aromatic heterocycles. The Morgan fingerprint density at radius 2 is 2.19 bits per heavy atom. The molecule has 1 aromatic carbocycles. The second-order valence-corrected chi connectivity index (χ2v) is 6.26. The predicted octanol–water partition coefficient (Wildman–Crippen LogP) is 2.62. The second kappa shape index (κ2) is 4.72. The molecule has 2 heterocycles. The van der Waals surface area contributed by atoms with Crippen molar-refractivity contribution in [2.45, 2.75) is 18.6 Å². The van der Waals surface area contributed by atoms with Gasteiger partial charge in [0.1, 0.15) is 5.69 Å². The van der Waals surface area contributed by atoms with E-state index in [1.54, 1.807) is 11.3 Å². The van der Waals surface area contributed by atoms with Crippen LogP contribution in [0.5, 0.6) is 0 Å². The van der Waals surface area contributed by atoms with Crippen molar-refractivity contribution < 1.29 is 9.90 Å². The molecule has 2 atom stereocenters. The van der Waals surface area contributed by atoms with Crippen molar-refractivity contribution >= 4 is 27.5 Å². The number of aromatic amines is 1. The lowest BCUT2D eigenvalue weighted by molar-refractivity contribution is 0.0854. The summed E-state index contributed by atoms with van der Waals surface area (Å²) >= 11 is 1.60. The van der Waals surface area contributed by atoms with Gasteiger partial charge in [0, 0.05) is 0 Å². The molecule has 0 aliphatic heterocycles. The molecule has 0 fully saturated rings. The SMILES string of the molecule is O=C(N[C@H]1Cc2ccccc2[C@@H]1O)c1cc2sccc2[nH]1. The van der Waals surface area contributed by atoms with Gasteiger partial charge in [-0.2, -0.15) is 0 Å². The summed E-state index contributed by atoms with van der Waals surface area (Å²) < 4.78 is 1.07. The number of rotatable bonds is 2. The number of aliphatic hydroxyl groups is 1. The van der Waals surface area contributed by atoms with Gasteiger partial charge in [0.2, 0.25) is 0 Å². The molecule has 3 aromatic rings. The first-order valence-corrected chi connectivity index (χ1v) is 7.73. The van der Waals surface area contributed by atoms with E-state index in [-0.39, 0.29) is 11.9 Å². The minimum atomic E-state index is -0.638. The molecule has 0 spiro atoms. The molecule has 106 valence electrons. The van der Waals surface area contributed by atoms with E-state index in [0.29, 0.717) is 12.1 Å². The van der Waals surface area contributed by atoms with E-state index in [9.17, 15) is 9.90 Å². The van der Waals surface area contributed by atoms with Crippen LogP contribution < -0.4 is 5.32 Å². The standard InChI is InChI=1S/C16H14N2O2S/c19-15-10-4-2-1-3-9(10)7-12(15)18-16(20)13-8-14-11(17-13)5-6-21-14/h1-6,8,12,15,17,19H,7H2,(H,18,20)/t12-,15-/m0/s1. The van der Waals surface area contributed by atoms with Gasteiger partial charge < -0.3 is 15.4 Å². The van der Waals surface area contributed by atoms with Gasteiger partial charge in [-0.3, -0.25) is 4.79 Å². The summed E-state index contributed by atoms with van der Waals surface area (Å²) in [6.07, 6.45) is 0.0271. The van der Waals surface area contributed by atoms with Crippen LogP contribution in [0.15, 0.2) is 41.8 Å². The van der Waals surface area contributed by atoms with E-state index in [2.05, 4.69) is 10.3 Å². The van der Waals surface area contributed by atoms with Gasteiger partial charge in [0.15, 0.2) is 0 Å². The Labute approximate surface area is 125 Å². The van der Waals surface area contributed by atoms with Crippen LogP contribution in [0.2, 0.25) is 0 Å². The Hall–Kier alpha value is -2.11. The Kier molecular flexibility index (Phi) is 2.83. The fourth-order valence-electron chi connectivity index (χ4n) is 2.92. The van der Waals surface area contributed by atoms with E-state index in [0.717, 1.165) is 21.3 Å². The highest BCUT2D eigenvalue weighted by Gasteiger charge is 2.32. The van der Waals surface area contributed by atoms with Crippen LogP contribution in [0.3, 0.4) is 0 Å². The average Bonchev–Trinajstić information content (AvgIpc) is 3.13. The first-order valence-electron chi connectivity index (χ1n) is 6.85. The number of H-pyrrole nitrogens is 1. The summed E-state index contributed by atoms with van der Waals surface area (Å²) in [4.78, 5) is 15.4. The molecule has 0 unspecified atom stereocenters. The van der Waals surface area contributed by atoms with Crippen molar-refractivity contribution in [3.05, 3.63) is 58.6 Å². The number of carbonyl (C=O) groups is 1. The Bertz CT molecular complexity index is 792. The van der Waals surface area contributed by atoms with Crippen molar-refractivity contribution in [3.8, 4) is 0 Å². The summed E-state index contributed by atoms with van der Waals surface area (Å²) in [7, 11) is 0. The Morgan fingerprint density at radius 3 is 3.00 bits per heavy atom. The molecule has 1 amide bonds. The van der Waals surface area contributed by atoms with Crippen molar-refractivity contribution in [2.75, 3.05) is 0 Å². The molecular weight excluding hydrogens is 284 g/mol. The lowest BCUT2D eigenvalue weighted by Crippen LogP contribution is -2.37. The lowest BCUT2D eigenvalue weighted by atomic mass is 10.1. The van der Waals surface area contributed by atoms with Crippen LogP contribution in [0.25, 0.3) is 10.2 Å². The topological polar surface area (TPSA) is 65.1 Å². The van der Waals surface area contributed by atoms with Gasteiger partial charge in [-0.1, -0.05) is 24.3 Å². The molecule has 4 rings (SSSR count). The minimum absolute atomic E-state index is 0.171. The quantitative estimate of drug-likeness (QED) is 0.681. The van der Waals surface area contributed by atoms with Crippen LogP contribution in [0.1, 0.15) is 27.7 Å². The van der Waals surface area contributed by atoms with Crippen LogP contribution in [-0.4, -0.2) is 22.0 Å². The molecule has 0 radical (unpaired) electrons. The third-order valence-corrected chi connectivity index (χ3v) is 4.86. The molecular formula is C16H14N2O2S. The first-order chi connectivity index (χ1) is 10.2. The zero-order chi connectivity index (χ0) is 14.4. The largest absolute Gasteiger partial charge is 0.386 e. The van der Waals surface area contributed by atoms with E-state index in [4.69, 9.17) is 0 Å². The number of carbonyl (C=O) groups excluding carboxylic acids is 1. The number of hydrogen-bond acceptors (Lipinski definition) is 3. The van der Waals surface area contributed by atoms with Gasteiger partial charge in [0.25, 0.3) is 5.91 Å². The Morgan fingerprint density at radius 1 is 1.33 bits per heavy atom. The van der Waals surface area contributed by atoms with E-state index in [1.165, 1.54) is 0 Å². The lowest BCUT2D eigenvalue weighted by Gasteiger charge is -2.16. The number of nitrogens with one attached hydrogen (secondary N) is 2. The number of aliphatic hydroxyl groups excluding tert-OH is 1. The van der Waals surface area contributed by atoms with Gasteiger partial charge in [0.05, 0.1) is 22.4 Å². The molecule has 0 bridgehead atoms. The van der Waals surface area contributed by atoms with Crippen molar-refractivity contribution in [1.29, 1.82) is 0 Å². The smallest absolute Gasteiger partial charge is 0.268 e. The Balaban J connectivity index is 1.54.